The van der Waals surface area contributed by atoms with Crippen molar-refractivity contribution in [3.8, 4) is 0 Å². The van der Waals surface area contributed by atoms with Gasteiger partial charge in [-0.2, -0.15) is 0 Å². The fourth-order valence-electron chi connectivity index (χ4n) is 1.56. The highest BCUT2D eigenvalue weighted by Gasteiger charge is 2.19. The first-order valence-electron chi connectivity index (χ1n) is 4.87. The first-order valence-corrected chi connectivity index (χ1v) is 4.87. The molecule has 1 rings (SSSR count). The van der Waals surface area contributed by atoms with Gasteiger partial charge in [0.2, 0.25) is 0 Å². The number of carbonyl (C=O) groups is 1. The zero-order chi connectivity index (χ0) is 12.1. The molecule has 4 nitrogen and oxygen atoms in total. The minimum absolute atomic E-state index is 0.195. The normalized spacial score (nSPS) is 11.1. The van der Waals surface area contributed by atoms with Crippen LogP contribution >= 0.6 is 0 Å². The van der Waals surface area contributed by atoms with Crippen molar-refractivity contribution < 1.29 is 14.4 Å². The van der Waals surface area contributed by atoms with E-state index in [2.05, 4.69) is 14.7 Å². The summed E-state index contributed by atoms with van der Waals surface area (Å²) in [7, 11) is 2.72. The standard InChI is InChI=1S/C12H15NO3/c1-8-6-5-7-9(2)10(8)11(13-16-4)12(14)15-3/h5-7H,1-4H3/b13-11-. The predicted octanol–water partition coefficient (Wildman–Crippen LogP) is 1.83. The lowest BCUT2D eigenvalue weighted by atomic mass is 9.99. The average molecular weight is 221 g/mol. The Balaban J connectivity index is 3.32. The molecule has 0 N–H and O–H groups in total. The van der Waals surface area contributed by atoms with E-state index in [1.807, 2.05) is 32.0 Å². The minimum atomic E-state index is -0.501. The fraction of sp³-hybridized carbons (Fsp3) is 0.333. The lowest BCUT2D eigenvalue weighted by Crippen LogP contribution is -2.19. The number of oxime groups is 1. The highest BCUT2D eigenvalue weighted by molar-refractivity contribution is 6.43. The van der Waals surface area contributed by atoms with Crippen molar-refractivity contribution >= 4 is 11.7 Å². The van der Waals surface area contributed by atoms with Crippen molar-refractivity contribution in [1.29, 1.82) is 0 Å². The first-order chi connectivity index (χ1) is 7.61. The van der Waals surface area contributed by atoms with Crippen molar-refractivity contribution in [2.24, 2.45) is 5.16 Å². The maximum Gasteiger partial charge on any atom is 0.360 e. The molecule has 0 fully saturated rings. The number of ether oxygens (including phenoxy) is 1. The number of aryl methyl sites for hydroxylation is 2. The van der Waals surface area contributed by atoms with Crippen LogP contribution in [0.1, 0.15) is 16.7 Å². The Kier molecular flexibility index (Phi) is 4.05. The molecule has 0 aliphatic carbocycles. The third-order valence-electron chi connectivity index (χ3n) is 2.28. The largest absolute Gasteiger partial charge is 0.464 e. The van der Waals surface area contributed by atoms with Crippen LogP contribution in [-0.4, -0.2) is 25.9 Å². The second-order valence-electron chi connectivity index (χ2n) is 3.38. The van der Waals surface area contributed by atoms with Crippen LogP contribution in [0, 0.1) is 13.8 Å². The van der Waals surface area contributed by atoms with E-state index in [0.717, 1.165) is 16.7 Å². The maximum atomic E-state index is 11.6. The van der Waals surface area contributed by atoms with Crippen LogP contribution in [-0.2, 0) is 14.4 Å². The molecule has 0 aliphatic rings. The van der Waals surface area contributed by atoms with Crippen LogP contribution in [0.2, 0.25) is 0 Å². The average Bonchev–Trinajstić information content (AvgIpc) is 2.26. The molecule has 1 aromatic carbocycles. The molecule has 0 saturated heterocycles. The van der Waals surface area contributed by atoms with Gasteiger partial charge >= 0.3 is 5.97 Å². The van der Waals surface area contributed by atoms with Gasteiger partial charge in [-0.25, -0.2) is 4.79 Å². The summed E-state index contributed by atoms with van der Waals surface area (Å²) in [5.74, 6) is -0.501. The van der Waals surface area contributed by atoms with Gasteiger partial charge in [-0.1, -0.05) is 23.4 Å². The number of carbonyl (C=O) groups excluding carboxylic acids is 1. The summed E-state index contributed by atoms with van der Waals surface area (Å²) in [6.07, 6.45) is 0. The first kappa shape index (κ1) is 12.2. The summed E-state index contributed by atoms with van der Waals surface area (Å²) >= 11 is 0. The van der Waals surface area contributed by atoms with E-state index in [0.29, 0.717) is 0 Å². The Labute approximate surface area is 94.9 Å². The van der Waals surface area contributed by atoms with Gasteiger partial charge in [0.25, 0.3) is 0 Å². The second-order valence-corrected chi connectivity index (χ2v) is 3.38. The summed E-state index contributed by atoms with van der Waals surface area (Å²) in [6.45, 7) is 3.83. The van der Waals surface area contributed by atoms with Crippen molar-refractivity contribution in [1.82, 2.24) is 0 Å². The number of nitrogens with zero attached hydrogens (tertiary/aromatic N) is 1. The quantitative estimate of drug-likeness (QED) is 0.444. The van der Waals surface area contributed by atoms with Crippen LogP contribution in [0.25, 0.3) is 0 Å². The number of hydrogen-bond acceptors (Lipinski definition) is 4. The molecule has 0 saturated carbocycles. The molecule has 0 amide bonds. The smallest absolute Gasteiger partial charge is 0.360 e. The van der Waals surface area contributed by atoms with E-state index in [1.165, 1.54) is 14.2 Å². The molecule has 4 heteroatoms. The number of esters is 1. The number of hydrogen-bond donors (Lipinski definition) is 0. The van der Waals surface area contributed by atoms with Crippen molar-refractivity contribution in [2.75, 3.05) is 14.2 Å². The number of methoxy groups -OCH3 is 1. The van der Waals surface area contributed by atoms with Crippen LogP contribution in [0.5, 0.6) is 0 Å². The highest BCUT2D eigenvalue weighted by atomic mass is 16.6. The number of rotatable bonds is 3. The molecule has 0 aromatic heterocycles. The Bertz CT molecular complexity index is 404. The maximum absolute atomic E-state index is 11.6. The van der Waals surface area contributed by atoms with Crippen LogP contribution < -0.4 is 0 Å². The Morgan fingerprint density at radius 3 is 2.19 bits per heavy atom. The van der Waals surface area contributed by atoms with E-state index < -0.39 is 5.97 Å². The third-order valence-corrected chi connectivity index (χ3v) is 2.28. The SMILES string of the molecule is CO/N=C(\C(=O)OC)c1c(C)cccc1C. The molecule has 0 unspecified atom stereocenters. The Hall–Kier alpha value is -1.84. The Morgan fingerprint density at radius 1 is 1.19 bits per heavy atom. The van der Waals surface area contributed by atoms with Crippen molar-refractivity contribution in [3.63, 3.8) is 0 Å². The molecule has 0 radical (unpaired) electrons. The second kappa shape index (κ2) is 5.30. The van der Waals surface area contributed by atoms with Gasteiger partial charge in [-0.15, -0.1) is 0 Å². The van der Waals surface area contributed by atoms with E-state index in [9.17, 15) is 4.79 Å². The van der Waals surface area contributed by atoms with Crippen molar-refractivity contribution in [2.45, 2.75) is 13.8 Å². The fourth-order valence-corrected chi connectivity index (χ4v) is 1.56. The van der Waals surface area contributed by atoms with Crippen LogP contribution in [0.3, 0.4) is 0 Å². The molecule has 1 aromatic rings. The summed E-state index contributed by atoms with van der Waals surface area (Å²) in [5, 5.41) is 3.73. The summed E-state index contributed by atoms with van der Waals surface area (Å²) < 4.78 is 4.68. The summed E-state index contributed by atoms with van der Waals surface area (Å²) in [4.78, 5) is 16.3. The van der Waals surface area contributed by atoms with Gasteiger partial charge in [-0.05, 0) is 25.0 Å². The molecule has 0 aliphatic heterocycles. The molecule has 0 atom stereocenters. The van der Waals surface area contributed by atoms with Gasteiger partial charge in [0.05, 0.1) is 7.11 Å². The zero-order valence-corrected chi connectivity index (χ0v) is 9.90. The molecular formula is C12H15NO3. The molecular weight excluding hydrogens is 206 g/mol. The third kappa shape index (κ3) is 2.39. The van der Waals surface area contributed by atoms with Gasteiger partial charge < -0.3 is 9.57 Å². The summed E-state index contributed by atoms with van der Waals surface area (Å²) in [6, 6.07) is 5.75. The monoisotopic (exact) mass is 221 g/mol. The van der Waals surface area contributed by atoms with E-state index in [1.54, 1.807) is 0 Å². The van der Waals surface area contributed by atoms with Crippen LogP contribution in [0.15, 0.2) is 23.4 Å². The molecule has 86 valence electrons. The Morgan fingerprint density at radius 2 is 1.75 bits per heavy atom. The zero-order valence-electron chi connectivity index (χ0n) is 9.90. The van der Waals surface area contributed by atoms with Gasteiger partial charge in [-0.3, -0.25) is 0 Å². The van der Waals surface area contributed by atoms with E-state index >= 15 is 0 Å². The van der Waals surface area contributed by atoms with Crippen molar-refractivity contribution in [3.05, 3.63) is 34.9 Å². The highest BCUT2D eigenvalue weighted by Crippen LogP contribution is 2.15. The van der Waals surface area contributed by atoms with E-state index in [4.69, 9.17) is 0 Å². The number of benzene rings is 1. The van der Waals surface area contributed by atoms with Crippen LogP contribution in [0.4, 0.5) is 0 Å². The lowest BCUT2D eigenvalue weighted by Gasteiger charge is -2.09. The molecule has 0 spiro atoms. The summed E-state index contributed by atoms with van der Waals surface area (Å²) in [5.41, 5.74) is 2.87. The molecule has 0 heterocycles. The predicted molar refractivity (Wildman–Crippen MR) is 61.5 cm³/mol. The topological polar surface area (TPSA) is 47.9 Å². The van der Waals surface area contributed by atoms with Gasteiger partial charge in [0, 0.05) is 5.56 Å². The van der Waals surface area contributed by atoms with Gasteiger partial charge in [0.1, 0.15) is 7.11 Å². The lowest BCUT2D eigenvalue weighted by molar-refractivity contribution is -0.132. The van der Waals surface area contributed by atoms with Gasteiger partial charge in [0.15, 0.2) is 5.71 Å². The minimum Gasteiger partial charge on any atom is -0.464 e. The molecule has 16 heavy (non-hydrogen) atoms. The molecule has 0 bridgehead atoms. The van der Waals surface area contributed by atoms with E-state index in [-0.39, 0.29) is 5.71 Å².